The highest BCUT2D eigenvalue weighted by atomic mass is 16.2. The van der Waals surface area contributed by atoms with Gasteiger partial charge in [-0.3, -0.25) is 34.0 Å². The first-order valence-corrected chi connectivity index (χ1v) is 16.6. The number of benzene rings is 3. The minimum atomic E-state index is -0.653. The fraction of sp³-hybridized carbons (Fsp3) is 0.231. The second-order valence-electron chi connectivity index (χ2n) is 12.4. The third kappa shape index (κ3) is 6.76. The smallest absolute Gasteiger partial charge is 0.261 e. The zero-order chi connectivity index (χ0) is 33.7. The van der Waals surface area contributed by atoms with Gasteiger partial charge in [-0.05, 0) is 67.3 Å². The Morgan fingerprint density at radius 2 is 1.27 bits per heavy atom. The van der Waals surface area contributed by atoms with Gasteiger partial charge in [0, 0.05) is 52.9 Å². The van der Waals surface area contributed by atoms with Gasteiger partial charge in [0.05, 0.1) is 24.5 Å². The van der Waals surface area contributed by atoms with E-state index in [9.17, 15) is 19.2 Å². The number of nitrogens with zero attached hydrogens (tertiary/aromatic N) is 4. The molecule has 0 radical (unpaired) electrons. The first-order valence-electron chi connectivity index (χ1n) is 16.6. The predicted molar refractivity (Wildman–Crippen MR) is 186 cm³/mol. The number of aromatic nitrogens is 2. The van der Waals surface area contributed by atoms with Gasteiger partial charge in [-0.2, -0.15) is 0 Å². The Balaban J connectivity index is 1.04. The van der Waals surface area contributed by atoms with E-state index < -0.39 is 12.1 Å². The fourth-order valence-corrected chi connectivity index (χ4v) is 6.70. The van der Waals surface area contributed by atoms with Crippen molar-refractivity contribution in [3.8, 4) is 0 Å². The number of pyridine rings is 2. The molecule has 246 valence electrons. The number of unbranched alkanes of at least 4 members (excludes halogenated alkanes) is 1. The molecule has 1 saturated heterocycles. The maximum Gasteiger partial charge on any atom is 0.261 e. The van der Waals surface area contributed by atoms with Crippen molar-refractivity contribution in [3.63, 3.8) is 0 Å². The normalized spacial score (nSPS) is 17.2. The average Bonchev–Trinajstić information content (AvgIpc) is 3.13. The molecule has 0 aliphatic carbocycles. The number of nitrogens with one attached hydrogen (secondary N) is 2. The number of carbonyl (C=O) groups is 4. The van der Waals surface area contributed by atoms with Gasteiger partial charge in [0.1, 0.15) is 12.1 Å². The molecule has 10 heteroatoms. The molecule has 0 saturated carbocycles. The summed E-state index contributed by atoms with van der Waals surface area (Å²) >= 11 is 0. The van der Waals surface area contributed by atoms with Crippen LogP contribution in [0, 0.1) is 0 Å². The molecule has 49 heavy (non-hydrogen) atoms. The van der Waals surface area contributed by atoms with Crippen molar-refractivity contribution in [2.24, 2.45) is 0 Å². The molecule has 2 aliphatic heterocycles. The van der Waals surface area contributed by atoms with Crippen molar-refractivity contribution in [1.29, 1.82) is 0 Å². The second kappa shape index (κ2) is 14.1. The molecule has 7 rings (SSSR count). The van der Waals surface area contributed by atoms with E-state index in [1.807, 2.05) is 84.9 Å². The van der Waals surface area contributed by atoms with Crippen molar-refractivity contribution in [2.75, 3.05) is 11.4 Å². The van der Waals surface area contributed by atoms with Crippen LogP contribution in [0.2, 0.25) is 0 Å². The van der Waals surface area contributed by atoms with Gasteiger partial charge in [-0.15, -0.1) is 0 Å². The van der Waals surface area contributed by atoms with E-state index >= 15 is 0 Å². The third-order valence-corrected chi connectivity index (χ3v) is 9.14. The van der Waals surface area contributed by atoms with E-state index in [-0.39, 0.29) is 30.2 Å². The lowest BCUT2D eigenvalue weighted by Crippen LogP contribution is -2.62. The van der Waals surface area contributed by atoms with Crippen LogP contribution in [0.4, 0.5) is 5.69 Å². The molecule has 2 N–H and O–H groups in total. The minimum absolute atomic E-state index is 0.208. The summed E-state index contributed by atoms with van der Waals surface area (Å²) in [6, 6.07) is 29.2. The molecule has 0 bridgehead atoms. The van der Waals surface area contributed by atoms with Crippen LogP contribution in [0.25, 0.3) is 10.8 Å². The van der Waals surface area contributed by atoms with Gasteiger partial charge >= 0.3 is 0 Å². The maximum atomic E-state index is 13.8. The summed E-state index contributed by atoms with van der Waals surface area (Å²) in [6.45, 7) is 1.23. The van der Waals surface area contributed by atoms with Gasteiger partial charge in [0.2, 0.25) is 11.8 Å². The lowest BCUT2D eigenvalue weighted by molar-refractivity contribution is -0.136. The van der Waals surface area contributed by atoms with Crippen molar-refractivity contribution < 1.29 is 19.2 Å². The van der Waals surface area contributed by atoms with Gasteiger partial charge in [-0.1, -0.05) is 54.6 Å². The Morgan fingerprint density at radius 3 is 1.94 bits per heavy atom. The van der Waals surface area contributed by atoms with Crippen LogP contribution in [0.3, 0.4) is 0 Å². The standard InChI is InChI=1S/C39H36N6O4/c46-36-32(42-37(47)33(43-36)23-26-11-2-1-3-12-26)17-6-9-22-45-38(48)30-16-10-15-29-34(19-18-31(35(29)30)39(45)49)44(24-27-13-4-7-20-40-27)25-28-14-5-8-21-41-28/h1-5,7-8,10-16,18-21,32-33H,6,9,17,22-25H2,(H,42,47)(H,43,46)/t32-,33-/m0/s1. The largest absolute Gasteiger partial charge is 0.359 e. The van der Waals surface area contributed by atoms with E-state index in [4.69, 9.17) is 0 Å². The summed E-state index contributed by atoms with van der Waals surface area (Å²) in [5, 5.41) is 7.16. The Bertz CT molecular complexity index is 1940. The van der Waals surface area contributed by atoms with E-state index in [1.165, 1.54) is 4.90 Å². The van der Waals surface area contributed by atoms with E-state index in [0.29, 0.717) is 55.3 Å². The van der Waals surface area contributed by atoms with Crippen LogP contribution >= 0.6 is 0 Å². The number of anilines is 1. The first kappa shape index (κ1) is 31.7. The number of imide groups is 1. The summed E-state index contributed by atoms with van der Waals surface area (Å²) < 4.78 is 0. The maximum absolute atomic E-state index is 13.8. The molecule has 2 aliphatic rings. The highest BCUT2D eigenvalue weighted by Crippen LogP contribution is 2.37. The molecule has 0 spiro atoms. The molecular formula is C39H36N6O4. The number of piperazine rings is 1. The number of hydrogen-bond donors (Lipinski definition) is 2. The van der Waals surface area contributed by atoms with Crippen LogP contribution < -0.4 is 15.5 Å². The quantitative estimate of drug-likeness (QED) is 0.146. The van der Waals surface area contributed by atoms with Crippen molar-refractivity contribution >= 4 is 40.1 Å². The lowest BCUT2D eigenvalue weighted by atomic mass is 9.92. The monoisotopic (exact) mass is 652 g/mol. The first-order chi connectivity index (χ1) is 24.0. The average molecular weight is 653 g/mol. The Morgan fingerprint density at radius 1 is 0.633 bits per heavy atom. The van der Waals surface area contributed by atoms with Gasteiger partial charge in [0.15, 0.2) is 0 Å². The van der Waals surface area contributed by atoms with Crippen molar-refractivity contribution in [1.82, 2.24) is 25.5 Å². The van der Waals surface area contributed by atoms with Crippen LogP contribution in [0.1, 0.15) is 56.9 Å². The van der Waals surface area contributed by atoms with E-state index in [2.05, 4.69) is 25.5 Å². The molecule has 10 nitrogen and oxygen atoms in total. The summed E-state index contributed by atoms with van der Waals surface area (Å²) in [4.78, 5) is 65.7. The molecule has 4 heterocycles. The SMILES string of the molecule is O=C1N[C@@H](Cc2ccccc2)C(=O)N[C@H]1CCCCN1C(=O)c2cccc3c(N(Cc4ccccn4)Cc4ccccn4)ccc(c23)C1=O. The van der Waals surface area contributed by atoms with Gasteiger partial charge in [0.25, 0.3) is 11.8 Å². The molecule has 3 aromatic carbocycles. The Labute approximate surface area is 284 Å². The molecule has 5 aromatic rings. The molecule has 0 unspecified atom stereocenters. The van der Waals surface area contributed by atoms with Gasteiger partial charge < -0.3 is 15.5 Å². The summed E-state index contributed by atoms with van der Waals surface area (Å²) in [6.07, 6.45) is 5.40. The van der Waals surface area contributed by atoms with Crippen LogP contribution in [-0.2, 0) is 29.1 Å². The van der Waals surface area contributed by atoms with Crippen LogP contribution in [0.5, 0.6) is 0 Å². The fourth-order valence-electron chi connectivity index (χ4n) is 6.70. The summed E-state index contributed by atoms with van der Waals surface area (Å²) in [5.41, 5.74) is 4.58. The predicted octanol–water partition coefficient (Wildman–Crippen LogP) is 4.83. The zero-order valence-corrected chi connectivity index (χ0v) is 26.9. The number of hydrogen-bond acceptors (Lipinski definition) is 7. The van der Waals surface area contributed by atoms with Gasteiger partial charge in [-0.25, -0.2) is 0 Å². The number of amides is 4. The molecular weight excluding hydrogens is 616 g/mol. The second-order valence-corrected chi connectivity index (χ2v) is 12.4. The molecule has 4 amide bonds. The Hall–Kier alpha value is -5.90. The lowest BCUT2D eigenvalue weighted by Gasteiger charge is -2.31. The Kier molecular flexibility index (Phi) is 9.10. The van der Waals surface area contributed by atoms with Crippen molar-refractivity contribution in [2.45, 2.75) is 50.9 Å². The molecule has 2 aromatic heterocycles. The minimum Gasteiger partial charge on any atom is -0.359 e. The molecule has 2 atom stereocenters. The summed E-state index contributed by atoms with van der Waals surface area (Å²) in [5.74, 6) is -1.11. The van der Waals surface area contributed by atoms with Crippen LogP contribution in [-0.4, -0.2) is 57.1 Å². The number of rotatable bonds is 12. The van der Waals surface area contributed by atoms with Crippen LogP contribution in [0.15, 0.2) is 109 Å². The topological polar surface area (TPSA) is 125 Å². The highest BCUT2D eigenvalue weighted by molar-refractivity contribution is 6.26. The number of carbonyl (C=O) groups excluding carboxylic acids is 4. The summed E-state index contributed by atoms with van der Waals surface area (Å²) in [7, 11) is 0. The van der Waals surface area contributed by atoms with E-state index in [1.54, 1.807) is 24.5 Å². The highest BCUT2D eigenvalue weighted by Gasteiger charge is 2.35. The molecule has 1 fully saturated rings. The zero-order valence-electron chi connectivity index (χ0n) is 26.9. The van der Waals surface area contributed by atoms with E-state index in [0.717, 1.165) is 28.0 Å². The third-order valence-electron chi connectivity index (χ3n) is 9.14. The van der Waals surface area contributed by atoms with Crippen molar-refractivity contribution in [3.05, 3.63) is 138 Å².